The molecule has 1 atom stereocenters. The number of nitrogens with one attached hydrogen (secondary N) is 1. The summed E-state index contributed by atoms with van der Waals surface area (Å²) in [5, 5.41) is 3.01. The highest BCUT2D eigenvalue weighted by Crippen LogP contribution is 2.29. The number of carbonyl (C=O) groups excluding carboxylic acids is 1. The Morgan fingerprint density at radius 1 is 0.926 bits per heavy atom. The Balaban J connectivity index is 1.68. The second-order valence-corrected chi connectivity index (χ2v) is 6.25. The normalized spacial score (nSPS) is 11.5. The van der Waals surface area contributed by atoms with Crippen molar-refractivity contribution in [2.24, 2.45) is 0 Å². The maximum absolute atomic E-state index is 12.6. The summed E-state index contributed by atoms with van der Waals surface area (Å²) in [6.45, 7) is 2.40. The monoisotopic (exact) mass is 361 g/mol. The molecule has 3 rings (SSSR count). The molecule has 3 aromatic carbocycles. The summed E-state index contributed by atoms with van der Waals surface area (Å²) in [5.41, 5.74) is 2.65. The maximum Gasteiger partial charge on any atom is 0.251 e. The first-order chi connectivity index (χ1) is 13.2. The predicted molar refractivity (Wildman–Crippen MR) is 106 cm³/mol. The average molecular weight is 361 g/mol. The first kappa shape index (κ1) is 18.5. The maximum atomic E-state index is 12.6. The van der Waals surface area contributed by atoms with Gasteiger partial charge in [-0.2, -0.15) is 0 Å². The standard InChI is InChI=1S/C23H23NO3/c1-17(19-11-7-4-8-12-19)24-23(25)20-13-14-21(22(15-20)26-2)27-16-18-9-5-3-6-10-18/h3-15,17H,16H2,1-2H3,(H,24,25)/t17-/m0/s1. The fourth-order valence-corrected chi connectivity index (χ4v) is 2.77. The van der Waals surface area contributed by atoms with Crippen LogP contribution in [0, 0.1) is 0 Å². The zero-order valence-corrected chi connectivity index (χ0v) is 15.5. The molecule has 0 saturated carbocycles. The van der Waals surface area contributed by atoms with E-state index < -0.39 is 0 Å². The minimum Gasteiger partial charge on any atom is -0.493 e. The zero-order valence-electron chi connectivity index (χ0n) is 15.5. The number of hydrogen-bond acceptors (Lipinski definition) is 3. The average Bonchev–Trinajstić information content (AvgIpc) is 2.73. The molecule has 4 nitrogen and oxygen atoms in total. The van der Waals surface area contributed by atoms with Crippen LogP contribution in [0.25, 0.3) is 0 Å². The third-order valence-electron chi connectivity index (χ3n) is 4.31. The van der Waals surface area contributed by atoms with E-state index in [0.29, 0.717) is 23.7 Å². The van der Waals surface area contributed by atoms with Crippen molar-refractivity contribution in [3.8, 4) is 11.5 Å². The number of carbonyl (C=O) groups is 1. The first-order valence-electron chi connectivity index (χ1n) is 8.88. The molecule has 0 saturated heterocycles. The molecule has 0 aliphatic rings. The zero-order chi connectivity index (χ0) is 19.1. The molecule has 27 heavy (non-hydrogen) atoms. The highest BCUT2D eigenvalue weighted by molar-refractivity contribution is 5.95. The smallest absolute Gasteiger partial charge is 0.251 e. The van der Waals surface area contributed by atoms with Crippen LogP contribution in [0.3, 0.4) is 0 Å². The van der Waals surface area contributed by atoms with Crippen molar-refractivity contribution in [3.63, 3.8) is 0 Å². The van der Waals surface area contributed by atoms with Crippen LogP contribution in [0.15, 0.2) is 78.9 Å². The van der Waals surface area contributed by atoms with E-state index in [0.717, 1.165) is 11.1 Å². The van der Waals surface area contributed by atoms with E-state index in [4.69, 9.17) is 9.47 Å². The van der Waals surface area contributed by atoms with Gasteiger partial charge in [-0.25, -0.2) is 0 Å². The summed E-state index contributed by atoms with van der Waals surface area (Å²) in [7, 11) is 1.57. The molecule has 0 spiro atoms. The third kappa shape index (κ3) is 4.88. The van der Waals surface area contributed by atoms with Gasteiger partial charge in [0.25, 0.3) is 5.91 Å². The lowest BCUT2D eigenvalue weighted by molar-refractivity contribution is 0.0939. The fourth-order valence-electron chi connectivity index (χ4n) is 2.77. The number of benzene rings is 3. The highest BCUT2D eigenvalue weighted by Gasteiger charge is 2.14. The molecule has 1 amide bonds. The molecule has 0 aliphatic carbocycles. The van der Waals surface area contributed by atoms with Gasteiger partial charge in [0.1, 0.15) is 6.61 Å². The summed E-state index contributed by atoms with van der Waals surface area (Å²) in [4.78, 5) is 12.6. The quantitative estimate of drug-likeness (QED) is 0.660. The Morgan fingerprint density at radius 3 is 2.26 bits per heavy atom. The minimum absolute atomic E-state index is 0.0845. The minimum atomic E-state index is -0.153. The van der Waals surface area contributed by atoms with E-state index in [9.17, 15) is 4.79 Å². The molecule has 0 unspecified atom stereocenters. The summed E-state index contributed by atoms with van der Waals surface area (Å²) in [5.74, 6) is 0.985. The van der Waals surface area contributed by atoms with Crippen LogP contribution < -0.4 is 14.8 Å². The van der Waals surface area contributed by atoms with Crippen molar-refractivity contribution in [1.82, 2.24) is 5.32 Å². The Labute approximate surface area is 159 Å². The van der Waals surface area contributed by atoms with Crippen LogP contribution >= 0.6 is 0 Å². The largest absolute Gasteiger partial charge is 0.493 e. The van der Waals surface area contributed by atoms with Crippen LogP contribution in [-0.2, 0) is 6.61 Å². The van der Waals surface area contributed by atoms with E-state index in [-0.39, 0.29) is 11.9 Å². The SMILES string of the molecule is COc1cc(C(=O)N[C@@H](C)c2ccccc2)ccc1OCc1ccccc1. The van der Waals surface area contributed by atoms with Crippen molar-refractivity contribution in [1.29, 1.82) is 0 Å². The highest BCUT2D eigenvalue weighted by atomic mass is 16.5. The Bertz CT molecular complexity index is 879. The van der Waals surface area contributed by atoms with E-state index in [2.05, 4.69) is 5.32 Å². The summed E-state index contributed by atoms with van der Waals surface area (Å²) < 4.78 is 11.3. The topological polar surface area (TPSA) is 47.6 Å². The molecular weight excluding hydrogens is 338 g/mol. The van der Waals surface area contributed by atoms with Gasteiger partial charge in [0, 0.05) is 5.56 Å². The molecular formula is C23H23NO3. The van der Waals surface area contributed by atoms with E-state index >= 15 is 0 Å². The van der Waals surface area contributed by atoms with Crippen molar-refractivity contribution < 1.29 is 14.3 Å². The molecule has 3 aromatic rings. The number of amides is 1. The fraction of sp³-hybridized carbons (Fsp3) is 0.174. The summed E-state index contributed by atoms with van der Waals surface area (Å²) in [6, 6.07) is 24.9. The molecule has 4 heteroatoms. The Kier molecular flexibility index (Phi) is 6.10. The van der Waals surface area contributed by atoms with Crippen molar-refractivity contribution in [2.75, 3.05) is 7.11 Å². The number of ether oxygens (including phenoxy) is 2. The molecule has 0 radical (unpaired) electrons. The van der Waals surface area contributed by atoms with Gasteiger partial charge in [-0.3, -0.25) is 4.79 Å². The van der Waals surface area contributed by atoms with Gasteiger partial charge < -0.3 is 14.8 Å². The molecule has 0 bridgehead atoms. The van der Waals surface area contributed by atoms with Crippen LogP contribution in [0.5, 0.6) is 11.5 Å². The van der Waals surface area contributed by atoms with Gasteiger partial charge in [0.15, 0.2) is 11.5 Å². The van der Waals surface area contributed by atoms with Crippen molar-refractivity contribution in [3.05, 3.63) is 95.6 Å². The third-order valence-corrected chi connectivity index (χ3v) is 4.31. The molecule has 0 heterocycles. The van der Waals surface area contributed by atoms with Crippen molar-refractivity contribution >= 4 is 5.91 Å². The predicted octanol–water partition coefficient (Wildman–Crippen LogP) is 4.77. The Morgan fingerprint density at radius 2 is 1.59 bits per heavy atom. The second kappa shape index (κ2) is 8.90. The van der Waals surface area contributed by atoms with Crippen molar-refractivity contribution in [2.45, 2.75) is 19.6 Å². The number of hydrogen-bond donors (Lipinski definition) is 1. The molecule has 0 fully saturated rings. The first-order valence-corrected chi connectivity index (χ1v) is 8.88. The van der Waals surface area contributed by atoms with Crippen LogP contribution in [0.1, 0.15) is 34.5 Å². The van der Waals surface area contributed by atoms with Crippen LogP contribution in [-0.4, -0.2) is 13.0 Å². The van der Waals surface area contributed by atoms with E-state index in [1.807, 2.05) is 67.6 Å². The van der Waals surface area contributed by atoms with E-state index in [1.165, 1.54) is 0 Å². The molecule has 138 valence electrons. The molecule has 1 N–H and O–H groups in total. The van der Waals surface area contributed by atoms with Gasteiger partial charge >= 0.3 is 0 Å². The summed E-state index contributed by atoms with van der Waals surface area (Å²) >= 11 is 0. The summed E-state index contributed by atoms with van der Waals surface area (Å²) in [6.07, 6.45) is 0. The van der Waals surface area contributed by atoms with Gasteiger partial charge in [0.2, 0.25) is 0 Å². The number of rotatable bonds is 7. The van der Waals surface area contributed by atoms with Gasteiger partial charge in [0.05, 0.1) is 13.2 Å². The van der Waals surface area contributed by atoms with E-state index in [1.54, 1.807) is 25.3 Å². The Hall–Kier alpha value is -3.27. The second-order valence-electron chi connectivity index (χ2n) is 6.25. The van der Waals surface area contributed by atoms with Gasteiger partial charge in [-0.05, 0) is 36.2 Å². The lowest BCUT2D eigenvalue weighted by Crippen LogP contribution is -2.26. The molecule has 0 aliphatic heterocycles. The molecule has 0 aromatic heterocycles. The lowest BCUT2D eigenvalue weighted by atomic mass is 10.1. The van der Waals surface area contributed by atoms with Gasteiger partial charge in [-0.1, -0.05) is 60.7 Å². The van der Waals surface area contributed by atoms with Crippen LogP contribution in [0.2, 0.25) is 0 Å². The lowest BCUT2D eigenvalue weighted by Gasteiger charge is -2.16. The van der Waals surface area contributed by atoms with Crippen LogP contribution in [0.4, 0.5) is 0 Å². The number of methoxy groups -OCH3 is 1. The van der Waals surface area contributed by atoms with Gasteiger partial charge in [-0.15, -0.1) is 0 Å².